The van der Waals surface area contributed by atoms with E-state index in [4.69, 9.17) is 32.4 Å². The Balaban J connectivity index is 1.74. The monoisotopic (exact) mass is 425 g/mol. The Morgan fingerprint density at radius 1 is 1.22 bits per heavy atom. The van der Waals surface area contributed by atoms with Crippen LogP contribution in [0.25, 0.3) is 10.8 Å². The minimum absolute atomic E-state index is 0.0775. The molecule has 0 saturated carbocycles. The van der Waals surface area contributed by atoms with Gasteiger partial charge in [-0.05, 0) is 29.1 Å². The summed E-state index contributed by atoms with van der Waals surface area (Å²) < 4.78 is 10.8. The molecule has 0 saturated heterocycles. The van der Waals surface area contributed by atoms with E-state index in [9.17, 15) is 4.79 Å². The van der Waals surface area contributed by atoms with Crippen molar-refractivity contribution in [3.8, 4) is 10.8 Å². The molecule has 142 valence electrons. The second kappa shape index (κ2) is 9.32. The Kier molecular flexibility index (Phi) is 6.84. The van der Waals surface area contributed by atoms with Crippen molar-refractivity contribution in [2.45, 2.75) is 13.0 Å². The van der Waals surface area contributed by atoms with E-state index in [0.717, 1.165) is 4.88 Å². The Morgan fingerprint density at radius 2 is 2.00 bits per heavy atom. The quantitative estimate of drug-likeness (QED) is 0.537. The zero-order chi connectivity index (χ0) is 19.2. The van der Waals surface area contributed by atoms with E-state index in [-0.39, 0.29) is 18.9 Å². The summed E-state index contributed by atoms with van der Waals surface area (Å²) in [6.45, 7) is 0.949. The van der Waals surface area contributed by atoms with Crippen molar-refractivity contribution in [3.05, 3.63) is 57.2 Å². The predicted octanol–water partition coefficient (Wildman–Crippen LogP) is 4.32. The number of ether oxygens (including phenoxy) is 1. The molecule has 9 heteroatoms. The van der Waals surface area contributed by atoms with Crippen LogP contribution in [0.5, 0.6) is 0 Å². The number of methoxy groups -OCH3 is 1. The molecule has 6 nitrogen and oxygen atoms in total. The maximum atomic E-state index is 12.8. The van der Waals surface area contributed by atoms with Gasteiger partial charge in [0.15, 0.2) is 0 Å². The molecule has 0 bridgehead atoms. The Bertz CT molecular complexity index is 879. The SMILES string of the molecule is COCCN(Cc1nnc(-c2cccs2)o1)C(=O)Cc1c(Cl)cccc1Cl. The lowest BCUT2D eigenvalue weighted by atomic mass is 10.1. The highest BCUT2D eigenvalue weighted by Crippen LogP contribution is 2.26. The molecular weight excluding hydrogens is 409 g/mol. The molecule has 0 unspecified atom stereocenters. The van der Waals surface area contributed by atoms with E-state index in [1.807, 2.05) is 17.5 Å². The zero-order valence-corrected chi connectivity index (χ0v) is 16.9. The molecular formula is C18H17Cl2N3O3S. The van der Waals surface area contributed by atoms with Crippen LogP contribution in [0.2, 0.25) is 10.0 Å². The van der Waals surface area contributed by atoms with Gasteiger partial charge in [0, 0.05) is 23.7 Å². The van der Waals surface area contributed by atoms with Crippen molar-refractivity contribution in [3.63, 3.8) is 0 Å². The molecule has 3 rings (SSSR count). The lowest BCUT2D eigenvalue weighted by Gasteiger charge is -2.21. The molecule has 0 radical (unpaired) electrons. The summed E-state index contributed by atoms with van der Waals surface area (Å²) in [4.78, 5) is 15.3. The topological polar surface area (TPSA) is 68.5 Å². The van der Waals surface area contributed by atoms with Crippen molar-refractivity contribution in [2.75, 3.05) is 20.3 Å². The number of hydrogen-bond donors (Lipinski definition) is 0. The van der Waals surface area contributed by atoms with Crippen LogP contribution in [-0.2, 0) is 22.5 Å². The van der Waals surface area contributed by atoms with Crippen molar-refractivity contribution in [2.24, 2.45) is 0 Å². The van der Waals surface area contributed by atoms with Crippen LogP contribution in [0.1, 0.15) is 11.5 Å². The Morgan fingerprint density at radius 3 is 2.67 bits per heavy atom. The smallest absolute Gasteiger partial charge is 0.257 e. The maximum Gasteiger partial charge on any atom is 0.257 e. The molecule has 1 amide bonds. The van der Waals surface area contributed by atoms with Crippen LogP contribution in [-0.4, -0.2) is 41.3 Å². The van der Waals surface area contributed by atoms with Gasteiger partial charge in [-0.25, -0.2) is 0 Å². The van der Waals surface area contributed by atoms with E-state index in [1.165, 1.54) is 11.3 Å². The number of carbonyl (C=O) groups excluding carboxylic acids is 1. The fourth-order valence-electron chi connectivity index (χ4n) is 2.44. The number of halogens is 2. The third-order valence-electron chi connectivity index (χ3n) is 3.83. The molecule has 2 heterocycles. The number of hydrogen-bond acceptors (Lipinski definition) is 6. The van der Waals surface area contributed by atoms with E-state index in [1.54, 1.807) is 30.2 Å². The van der Waals surface area contributed by atoms with Crippen molar-refractivity contribution in [1.29, 1.82) is 0 Å². The molecule has 1 aromatic carbocycles. The Hall–Kier alpha value is -1.93. The standard InChI is InChI=1S/C18H17Cl2N3O3S/c1-25-8-7-23(17(24)10-12-13(19)4-2-5-14(12)20)11-16-21-22-18(26-16)15-6-3-9-27-15/h2-6,9H,7-8,10-11H2,1H3. The third kappa shape index (κ3) is 5.07. The average Bonchev–Trinajstić information content (AvgIpc) is 3.33. The summed E-state index contributed by atoms with van der Waals surface area (Å²) in [7, 11) is 1.58. The summed E-state index contributed by atoms with van der Waals surface area (Å²) in [5.41, 5.74) is 0.595. The zero-order valence-electron chi connectivity index (χ0n) is 14.5. The molecule has 2 aromatic heterocycles. The van der Waals surface area contributed by atoms with Crippen LogP contribution in [0.3, 0.4) is 0 Å². The predicted molar refractivity (Wildman–Crippen MR) is 105 cm³/mol. The number of benzene rings is 1. The maximum absolute atomic E-state index is 12.8. The fraction of sp³-hybridized carbons (Fsp3) is 0.278. The van der Waals surface area contributed by atoms with Gasteiger partial charge in [0.05, 0.1) is 24.4 Å². The van der Waals surface area contributed by atoms with Crippen molar-refractivity contribution < 1.29 is 13.9 Å². The second-order valence-electron chi connectivity index (χ2n) is 5.66. The van der Waals surface area contributed by atoms with Crippen molar-refractivity contribution in [1.82, 2.24) is 15.1 Å². The minimum Gasteiger partial charge on any atom is -0.418 e. The molecule has 0 spiro atoms. The first-order chi connectivity index (χ1) is 13.1. The number of thiophene rings is 1. The minimum atomic E-state index is -0.155. The highest BCUT2D eigenvalue weighted by atomic mass is 35.5. The number of carbonyl (C=O) groups is 1. The summed E-state index contributed by atoms with van der Waals surface area (Å²) in [5.74, 6) is 0.638. The van der Waals surface area contributed by atoms with Gasteiger partial charge in [-0.15, -0.1) is 21.5 Å². The lowest BCUT2D eigenvalue weighted by molar-refractivity contribution is -0.132. The van der Waals surface area contributed by atoms with Gasteiger partial charge in [-0.3, -0.25) is 4.79 Å². The first kappa shape index (κ1) is 19.8. The average molecular weight is 426 g/mol. The number of amides is 1. The normalized spacial score (nSPS) is 10.9. The number of nitrogens with zero attached hydrogens (tertiary/aromatic N) is 3. The molecule has 3 aromatic rings. The molecule has 0 atom stereocenters. The van der Waals surface area contributed by atoms with Gasteiger partial charge >= 0.3 is 0 Å². The highest BCUT2D eigenvalue weighted by Gasteiger charge is 2.20. The summed E-state index contributed by atoms with van der Waals surface area (Å²) in [6.07, 6.45) is 0.0775. The first-order valence-electron chi connectivity index (χ1n) is 8.14. The van der Waals surface area contributed by atoms with E-state index in [2.05, 4.69) is 10.2 Å². The van der Waals surface area contributed by atoms with Gasteiger partial charge in [0.2, 0.25) is 11.8 Å². The van der Waals surface area contributed by atoms with Crippen LogP contribution in [0.4, 0.5) is 0 Å². The van der Waals surface area contributed by atoms with Gasteiger partial charge < -0.3 is 14.1 Å². The highest BCUT2D eigenvalue weighted by molar-refractivity contribution is 7.13. The van der Waals surface area contributed by atoms with Gasteiger partial charge in [0.25, 0.3) is 5.89 Å². The molecule has 0 aliphatic carbocycles. The summed E-state index contributed by atoms with van der Waals surface area (Å²) in [5, 5.41) is 10.9. The largest absolute Gasteiger partial charge is 0.418 e. The van der Waals surface area contributed by atoms with E-state index in [0.29, 0.717) is 40.5 Å². The van der Waals surface area contributed by atoms with Crippen LogP contribution in [0, 0.1) is 0 Å². The van der Waals surface area contributed by atoms with Crippen LogP contribution < -0.4 is 0 Å². The molecule has 0 aliphatic heterocycles. The third-order valence-corrected chi connectivity index (χ3v) is 5.40. The molecule has 0 N–H and O–H groups in total. The first-order valence-corrected chi connectivity index (χ1v) is 9.78. The lowest BCUT2D eigenvalue weighted by Crippen LogP contribution is -2.34. The molecule has 0 aliphatic rings. The van der Waals surface area contributed by atoms with E-state index >= 15 is 0 Å². The number of aromatic nitrogens is 2. The van der Waals surface area contributed by atoms with Gasteiger partial charge in [-0.1, -0.05) is 35.3 Å². The van der Waals surface area contributed by atoms with Gasteiger partial charge in [-0.2, -0.15) is 0 Å². The van der Waals surface area contributed by atoms with Crippen LogP contribution >= 0.6 is 34.5 Å². The summed E-state index contributed by atoms with van der Waals surface area (Å²) >= 11 is 13.9. The Labute approximate surface area is 170 Å². The van der Waals surface area contributed by atoms with E-state index < -0.39 is 0 Å². The summed E-state index contributed by atoms with van der Waals surface area (Å²) in [6, 6.07) is 8.97. The molecule has 27 heavy (non-hydrogen) atoms. The fourth-order valence-corrected chi connectivity index (χ4v) is 3.61. The number of rotatable bonds is 8. The molecule has 0 fully saturated rings. The van der Waals surface area contributed by atoms with Gasteiger partial charge in [0.1, 0.15) is 0 Å². The second-order valence-corrected chi connectivity index (χ2v) is 7.43. The van der Waals surface area contributed by atoms with Crippen LogP contribution in [0.15, 0.2) is 40.1 Å². The van der Waals surface area contributed by atoms with Crippen molar-refractivity contribution >= 4 is 40.4 Å².